The van der Waals surface area contributed by atoms with Crippen LogP contribution in [0.25, 0.3) is 5.69 Å². The number of amides is 2. The molecule has 1 fully saturated rings. The van der Waals surface area contributed by atoms with E-state index in [1.54, 1.807) is 35.4 Å². The van der Waals surface area contributed by atoms with Crippen LogP contribution in [0.3, 0.4) is 0 Å². The minimum absolute atomic E-state index is 0.131. The quantitative estimate of drug-likeness (QED) is 0.753. The lowest BCUT2D eigenvalue weighted by molar-refractivity contribution is -0.117. The van der Waals surface area contributed by atoms with Crippen molar-refractivity contribution >= 4 is 23.2 Å². The minimum Gasteiger partial charge on any atom is -0.321 e. The molecule has 0 atom stereocenters. The molecule has 4 rings (SSSR count). The van der Waals surface area contributed by atoms with Gasteiger partial charge in [0.05, 0.1) is 5.69 Å². The lowest BCUT2D eigenvalue weighted by Gasteiger charge is -2.19. The Morgan fingerprint density at radius 1 is 1.14 bits per heavy atom. The Hall–Kier alpha value is -3.48. The summed E-state index contributed by atoms with van der Waals surface area (Å²) in [6.45, 7) is 2.64. The Morgan fingerprint density at radius 3 is 2.61 bits per heavy atom. The summed E-state index contributed by atoms with van der Waals surface area (Å²) in [4.78, 5) is 26.2. The number of nitrogens with one attached hydrogen (secondary N) is 1. The summed E-state index contributed by atoms with van der Waals surface area (Å²) in [5.74, 6) is -0.542. The number of carbonyl (C=O) groups is 2. The summed E-state index contributed by atoms with van der Waals surface area (Å²) < 4.78 is 14.6. The number of halogens is 1. The normalized spacial score (nSPS) is 13.8. The van der Waals surface area contributed by atoms with E-state index in [1.807, 2.05) is 19.1 Å². The number of hydrogen-bond donors (Lipinski definition) is 1. The molecule has 1 aromatic heterocycles. The first-order valence-corrected chi connectivity index (χ1v) is 9.05. The molecule has 1 N–H and O–H groups in total. The van der Waals surface area contributed by atoms with Gasteiger partial charge in [-0.3, -0.25) is 9.59 Å². The van der Waals surface area contributed by atoms with Gasteiger partial charge in [0.1, 0.15) is 5.82 Å². The first-order chi connectivity index (χ1) is 13.5. The molecule has 142 valence electrons. The molecule has 2 aromatic carbocycles. The van der Waals surface area contributed by atoms with Crippen LogP contribution in [-0.4, -0.2) is 28.1 Å². The summed E-state index contributed by atoms with van der Waals surface area (Å²) in [5, 5.41) is 7.07. The Balaban J connectivity index is 1.49. The van der Waals surface area contributed by atoms with E-state index in [4.69, 9.17) is 0 Å². The standard InChI is InChI=1S/C21H19FN4O2/c1-14-13-16(6-9-19(14)25-11-2-3-20(25)27)23-21(28)18-10-12-26(24-18)17-7-4-15(22)5-8-17/h4-10,12-13H,2-3,11H2,1H3,(H,23,28). The van der Waals surface area contributed by atoms with Crippen LogP contribution in [0.15, 0.2) is 54.7 Å². The van der Waals surface area contributed by atoms with E-state index in [-0.39, 0.29) is 23.3 Å². The molecule has 1 aliphatic heterocycles. The zero-order chi connectivity index (χ0) is 19.7. The molecule has 2 amide bonds. The van der Waals surface area contributed by atoms with Gasteiger partial charge in [0.15, 0.2) is 5.69 Å². The summed E-state index contributed by atoms with van der Waals surface area (Å²) in [6, 6.07) is 12.9. The van der Waals surface area contributed by atoms with Gasteiger partial charge in [-0.25, -0.2) is 9.07 Å². The van der Waals surface area contributed by atoms with Gasteiger partial charge in [0.25, 0.3) is 5.91 Å². The second kappa shape index (κ2) is 7.26. The first-order valence-electron chi connectivity index (χ1n) is 9.05. The van der Waals surface area contributed by atoms with Crippen molar-refractivity contribution in [2.45, 2.75) is 19.8 Å². The van der Waals surface area contributed by atoms with Crippen LogP contribution >= 0.6 is 0 Å². The molecule has 0 unspecified atom stereocenters. The van der Waals surface area contributed by atoms with Crippen molar-refractivity contribution in [1.29, 1.82) is 0 Å². The lowest BCUT2D eigenvalue weighted by Crippen LogP contribution is -2.24. The SMILES string of the molecule is Cc1cc(NC(=O)c2ccn(-c3ccc(F)cc3)n2)ccc1N1CCCC1=O. The monoisotopic (exact) mass is 378 g/mol. The number of rotatable bonds is 4. The molecule has 0 spiro atoms. The smallest absolute Gasteiger partial charge is 0.276 e. The van der Waals surface area contributed by atoms with Gasteiger partial charge in [-0.1, -0.05) is 0 Å². The van der Waals surface area contributed by atoms with Crippen molar-refractivity contribution in [3.05, 3.63) is 71.8 Å². The number of anilines is 2. The van der Waals surface area contributed by atoms with Gasteiger partial charge >= 0.3 is 0 Å². The molecule has 6 nitrogen and oxygen atoms in total. The fourth-order valence-electron chi connectivity index (χ4n) is 3.32. The average molecular weight is 378 g/mol. The lowest BCUT2D eigenvalue weighted by atomic mass is 10.1. The van der Waals surface area contributed by atoms with Gasteiger partial charge in [-0.05, 0) is 67.4 Å². The third-order valence-electron chi connectivity index (χ3n) is 4.73. The van der Waals surface area contributed by atoms with Crippen LogP contribution in [0.4, 0.5) is 15.8 Å². The van der Waals surface area contributed by atoms with E-state index in [0.29, 0.717) is 17.8 Å². The number of nitrogens with zero attached hydrogens (tertiary/aromatic N) is 3. The van der Waals surface area contributed by atoms with Crippen LogP contribution in [0, 0.1) is 12.7 Å². The number of benzene rings is 2. The highest BCUT2D eigenvalue weighted by Crippen LogP contribution is 2.27. The van der Waals surface area contributed by atoms with E-state index >= 15 is 0 Å². The second-order valence-corrected chi connectivity index (χ2v) is 6.73. The molecule has 0 bridgehead atoms. The second-order valence-electron chi connectivity index (χ2n) is 6.73. The van der Waals surface area contributed by atoms with E-state index in [1.165, 1.54) is 16.8 Å². The van der Waals surface area contributed by atoms with Crippen molar-refractivity contribution in [3.63, 3.8) is 0 Å². The van der Waals surface area contributed by atoms with Crippen molar-refractivity contribution in [2.24, 2.45) is 0 Å². The minimum atomic E-state index is -0.342. The third-order valence-corrected chi connectivity index (χ3v) is 4.73. The third kappa shape index (κ3) is 3.51. The number of carbonyl (C=O) groups excluding carboxylic acids is 2. The highest BCUT2D eigenvalue weighted by molar-refractivity contribution is 6.03. The zero-order valence-electron chi connectivity index (χ0n) is 15.4. The zero-order valence-corrected chi connectivity index (χ0v) is 15.4. The average Bonchev–Trinajstić information content (AvgIpc) is 3.32. The maximum absolute atomic E-state index is 13.0. The molecular weight excluding hydrogens is 359 g/mol. The van der Waals surface area contributed by atoms with Gasteiger partial charge < -0.3 is 10.2 Å². The van der Waals surface area contributed by atoms with Crippen molar-refractivity contribution in [1.82, 2.24) is 9.78 Å². The van der Waals surface area contributed by atoms with Gasteiger partial charge in [0, 0.05) is 30.5 Å². The number of aromatic nitrogens is 2. The van der Waals surface area contributed by atoms with Crippen LogP contribution in [-0.2, 0) is 4.79 Å². The Morgan fingerprint density at radius 2 is 1.93 bits per heavy atom. The molecule has 1 saturated heterocycles. The maximum atomic E-state index is 13.0. The molecule has 28 heavy (non-hydrogen) atoms. The van der Waals surface area contributed by atoms with Crippen LogP contribution in [0.1, 0.15) is 28.9 Å². The van der Waals surface area contributed by atoms with Crippen LogP contribution in [0.5, 0.6) is 0 Å². The summed E-state index contributed by atoms with van der Waals surface area (Å²) in [6.07, 6.45) is 3.09. The number of aryl methyl sites for hydroxylation is 1. The molecule has 3 aromatic rings. The van der Waals surface area contributed by atoms with Crippen LogP contribution in [0.2, 0.25) is 0 Å². The molecular formula is C21H19FN4O2. The van der Waals surface area contributed by atoms with E-state index in [0.717, 1.165) is 24.2 Å². The fraction of sp³-hybridized carbons (Fsp3) is 0.190. The maximum Gasteiger partial charge on any atom is 0.276 e. The van der Waals surface area contributed by atoms with Crippen molar-refractivity contribution < 1.29 is 14.0 Å². The fourth-order valence-corrected chi connectivity index (χ4v) is 3.32. The summed E-state index contributed by atoms with van der Waals surface area (Å²) in [5.41, 5.74) is 3.34. The highest BCUT2D eigenvalue weighted by Gasteiger charge is 2.23. The molecule has 2 heterocycles. The largest absolute Gasteiger partial charge is 0.321 e. The molecule has 0 aliphatic carbocycles. The molecule has 0 saturated carbocycles. The Bertz CT molecular complexity index is 1040. The Kier molecular flexibility index (Phi) is 4.65. The number of hydrogen-bond acceptors (Lipinski definition) is 3. The first kappa shape index (κ1) is 17.9. The summed E-state index contributed by atoms with van der Waals surface area (Å²) in [7, 11) is 0. The Labute approximate surface area is 161 Å². The van der Waals surface area contributed by atoms with Crippen LogP contribution < -0.4 is 10.2 Å². The molecule has 1 aliphatic rings. The van der Waals surface area contributed by atoms with Crippen molar-refractivity contribution in [2.75, 3.05) is 16.8 Å². The van der Waals surface area contributed by atoms with Gasteiger partial charge in [0.2, 0.25) is 5.91 Å². The predicted molar refractivity (Wildman–Crippen MR) is 104 cm³/mol. The predicted octanol–water partition coefficient (Wildman–Crippen LogP) is 3.70. The van der Waals surface area contributed by atoms with Gasteiger partial charge in [-0.15, -0.1) is 0 Å². The van der Waals surface area contributed by atoms with E-state index in [9.17, 15) is 14.0 Å². The topological polar surface area (TPSA) is 67.2 Å². The molecule has 0 radical (unpaired) electrons. The van der Waals surface area contributed by atoms with Gasteiger partial charge in [-0.2, -0.15) is 5.10 Å². The highest BCUT2D eigenvalue weighted by atomic mass is 19.1. The summed E-state index contributed by atoms with van der Waals surface area (Å²) >= 11 is 0. The van der Waals surface area contributed by atoms with E-state index < -0.39 is 0 Å². The van der Waals surface area contributed by atoms with Crippen molar-refractivity contribution in [3.8, 4) is 5.69 Å². The molecule has 7 heteroatoms. The van der Waals surface area contributed by atoms with E-state index in [2.05, 4.69) is 10.4 Å².